The SMILES string of the molecule is [C-]#[N+]c1ccc(C(=O)Nc2ccc(N(C)S(C)(=O)=O)c(OCc3ccccc3)c2)cc1. The first-order chi connectivity index (χ1) is 14.8. The Kier molecular flexibility index (Phi) is 6.58. The summed E-state index contributed by atoms with van der Waals surface area (Å²) in [6.45, 7) is 7.23. The Balaban J connectivity index is 1.87. The van der Waals surface area contributed by atoms with Gasteiger partial charge in [-0.15, -0.1) is 0 Å². The van der Waals surface area contributed by atoms with Gasteiger partial charge in [0.2, 0.25) is 10.0 Å². The molecule has 0 aliphatic heterocycles. The number of carbonyl (C=O) groups excluding carboxylic acids is 1. The quantitative estimate of drug-likeness (QED) is 0.556. The molecule has 7 nitrogen and oxygen atoms in total. The zero-order valence-corrected chi connectivity index (χ0v) is 17.9. The number of hydrogen-bond acceptors (Lipinski definition) is 4. The maximum absolute atomic E-state index is 12.5. The van der Waals surface area contributed by atoms with E-state index in [0.29, 0.717) is 28.4 Å². The first-order valence-corrected chi connectivity index (χ1v) is 11.2. The third kappa shape index (κ3) is 5.62. The average molecular weight is 436 g/mol. The Morgan fingerprint density at radius 1 is 1.06 bits per heavy atom. The van der Waals surface area contributed by atoms with Crippen LogP contribution in [0.4, 0.5) is 17.1 Å². The fourth-order valence-corrected chi connectivity index (χ4v) is 3.28. The zero-order chi connectivity index (χ0) is 22.4. The summed E-state index contributed by atoms with van der Waals surface area (Å²) in [6.07, 6.45) is 1.11. The van der Waals surface area contributed by atoms with Crippen molar-refractivity contribution in [3.05, 3.63) is 95.3 Å². The van der Waals surface area contributed by atoms with Crippen LogP contribution < -0.4 is 14.4 Å². The fraction of sp³-hybridized carbons (Fsp3) is 0.130. The number of carbonyl (C=O) groups is 1. The zero-order valence-electron chi connectivity index (χ0n) is 17.1. The number of nitrogens with one attached hydrogen (secondary N) is 1. The molecule has 0 atom stereocenters. The van der Waals surface area contributed by atoms with Gasteiger partial charge >= 0.3 is 0 Å². The van der Waals surface area contributed by atoms with E-state index in [9.17, 15) is 13.2 Å². The molecule has 31 heavy (non-hydrogen) atoms. The normalized spacial score (nSPS) is 10.7. The van der Waals surface area contributed by atoms with Crippen LogP contribution in [0.15, 0.2) is 72.8 Å². The molecule has 0 aromatic heterocycles. The lowest BCUT2D eigenvalue weighted by Gasteiger charge is -2.21. The van der Waals surface area contributed by atoms with Crippen LogP contribution in [0.3, 0.4) is 0 Å². The third-order valence-electron chi connectivity index (χ3n) is 4.55. The van der Waals surface area contributed by atoms with Crippen LogP contribution >= 0.6 is 0 Å². The van der Waals surface area contributed by atoms with Crippen molar-refractivity contribution in [1.29, 1.82) is 0 Å². The summed E-state index contributed by atoms with van der Waals surface area (Å²) in [7, 11) is -2.06. The fourth-order valence-electron chi connectivity index (χ4n) is 2.77. The Hall–Kier alpha value is -3.83. The summed E-state index contributed by atoms with van der Waals surface area (Å²) >= 11 is 0. The molecule has 3 aromatic carbocycles. The molecule has 0 saturated heterocycles. The standard InChI is InChI=1S/C23H21N3O4S/c1-24-19-11-9-18(10-12-19)23(27)25-20-13-14-21(26(2)31(3,28)29)22(15-20)30-16-17-7-5-4-6-8-17/h4-15H,16H2,2-3H3,(H,25,27). The van der Waals surface area contributed by atoms with Crippen LogP contribution in [-0.2, 0) is 16.6 Å². The van der Waals surface area contributed by atoms with Gasteiger partial charge in [0, 0.05) is 24.4 Å². The molecular formula is C23H21N3O4S. The number of ether oxygens (including phenoxy) is 1. The number of hydrogen-bond donors (Lipinski definition) is 1. The van der Waals surface area contributed by atoms with Crippen LogP contribution in [-0.4, -0.2) is 27.6 Å². The molecule has 158 valence electrons. The van der Waals surface area contributed by atoms with E-state index < -0.39 is 10.0 Å². The minimum Gasteiger partial charge on any atom is -0.487 e. The molecule has 3 rings (SSSR count). The number of benzene rings is 3. The maximum atomic E-state index is 12.5. The topological polar surface area (TPSA) is 80.1 Å². The molecule has 8 heteroatoms. The van der Waals surface area contributed by atoms with Gasteiger partial charge in [-0.2, -0.15) is 0 Å². The molecule has 1 amide bonds. The highest BCUT2D eigenvalue weighted by molar-refractivity contribution is 7.92. The highest BCUT2D eigenvalue weighted by Crippen LogP contribution is 2.33. The molecule has 0 fully saturated rings. The summed E-state index contributed by atoms with van der Waals surface area (Å²) < 4.78 is 31.1. The first kappa shape index (κ1) is 21.9. The van der Waals surface area contributed by atoms with E-state index in [0.717, 1.165) is 16.1 Å². The van der Waals surface area contributed by atoms with E-state index in [1.54, 1.807) is 42.5 Å². The van der Waals surface area contributed by atoms with E-state index in [-0.39, 0.29) is 12.5 Å². The van der Waals surface area contributed by atoms with Crippen molar-refractivity contribution in [3.63, 3.8) is 0 Å². The van der Waals surface area contributed by atoms with Crippen molar-refractivity contribution in [3.8, 4) is 5.75 Å². The molecule has 3 aromatic rings. The van der Waals surface area contributed by atoms with Crippen molar-refractivity contribution in [1.82, 2.24) is 0 Å². The molecule has 0 spiro atoms. The highest BCUT2D eigenvalue weighted by Gasteiger charge is 2.18. The predicted octanol–water partition coefficient (Wildman–Crippen LogP) is 4.46. The second kappa shape index (κ2) is 9.32. The van der Waals surface area contributed by atoms with Crippen molar-refractivity contribution in [2.75, 3.05) is 22.9 Å². The summed E-state index contributed by atoms with van der Waals surface area (Å²) in [6, 6.07) is 20.5. The van der Waals surface area contributed by atoms with Crippen LogP contribution in [0.5, 0.6) is 5.75 Å². The van der Waals surface area contributed by atoms with Crippen molar-refractivity contribution >= 4 is 33.0 Å². The van der Waals surface area contributed by atoms with Gasteiger partial charge in [0.05, 0.1) is 18.5 Å². The second-order valence-corrected chi connectivity index (χ2v) is 8.81. The average Bonchev–Trinajstić information content (AvgIpc) is 2.77. The van der Waals surface area contributed by atoms with Crippen LogP contribution in [0, 0.1) is 6.57 Å². The van der Waals surface area contributed by atoms with Gasteiger partial charge in [-0.05, 0) is 17.7 Å². The minimum absolute atomic E-state index is 0.237. The van der Waals surface area contributed by atoms with Gasteiger partial charge in [0.25, 0.3) is 5.91 Å². The van der Waals surface area contributed by atoms with Crippen LogP contribution in [0.1, 0.15) is 15.9 Å². The highest BCUT2D eigenvalue weighted by atomic mass is 32.2. The number of rotatable bonds is 7. The van der Waals surface area contributed by atoms with Gasteiger partial charge in [-0.1, -0.05) is 54.6 Å². The van der Waals surface area contributed by atoms with Crippen LogP contribution in [0.2, 0.25) is 0 Å². The van der Waals surface area contributed by atoms with E-state index in [1.165, 1.54) is 7.05 Å². The van der Waals surface area contributed by atoms with Gasteiger partial charge in [-0.3, -0.25) is 9.10 Å². The number of anilines is 2. The number of sulfonamides is 1. The molecular weight excluding hydrogens is 414 g/mol. The molecule has 0 heterocycles. The lowest BCUT2D eigenvalue weighted by Crippen LogP contribution is -2.25. The number of amides is 1. The maximum Gasteiger partial charge on any atom is 0.255 e. The smallest absolute Gasteiger partial charge is 0.255 e. The molecule has 0 aliphatic carbocycles. The molecule has 0 saturated carbocycles. The third-order valence-corrected chi connectivity index (χ3v) is 5.74. The Morgan fingerprint density at radius 2 is 1.74 bits per heavy atom. The monoisotopic (exact) mass is 435 g/mol. The molecule has 0 unspecified atom stereocenters. The van der Waals surface area contributed by atoms with Crippen molar-refractivity contribution in [2.24, 2.45) is 0 Å². The van der Waals surface area contributed by atoms with E-state index in [2.05, 4.69) is 10.2 Å². The van der Waals surface area contributed by atoms with Crippen LogP contribution in [0.25, 0.3) is 4.85 Å². The van der Waals surface area contributed by atoms with E-state index >= 15 is 0 Å². The van der Waals surface area contributed by atoms with Gasteiger partial charge in [-0.25, -0.2) is 13.3 Å². The minimum atomic E-state index is -3.51. The largest absolute Gasteiger partial charge is 0.487 e. The Bertz CT molecular complexity index is 1220. The predicted molar refractivity (Wildman–Crippen MR) is 121 cm³/mol. The second-order valence-electron chi connectivity index (χ2n) is 6.80. The lowest BCUT2D eigenvalue weighted by molar-refractivity contribution is 0.102. The van der Waals surface area contributed by atoms with Gasteiger partial charge in [0.1, 0.15) is 12.4 Å². The van der Waals surface area contributed by atoms with E-state index in [4.69, 9.17) is 11.3 Å². The Morgan fingerprint density at radius 3 is 2.35 bits per heavy atom. The molecule has 0 radical (unpaired) electrons. The van der Waals surface area contributed by atoms with Crippen molar-refractivity contribution < 1.29 is 17.9 Å². The van der Waals surface area contributed by atoms with Gasteiger partial charge in [0.15, 0.2) is 5.69 Å². The lowest BCUT2D eigenvalue weighted by atomic mass is 10.2. The first-order valence-electron chi connectivity index (χ1n) is 9.31. The number of nitrogens with zero attached hydrogens (tertiary/aromatic N) is 2. The summed E-state index contributed by atoms with van der Waals surface area (Å²) in [5.41, 5.74) is 2.58. The summed E-state index contributed by atoms with van der Waals surface area (Å²) in [5.74, 6) is -0.0345. The summed E-state index contributed by atoms with van der Waals surface area (Å²) in [5, 5.41) is 2.77. The van der Waals surface area contributed by atoms with E-state index in [1.807, 2.05) is 30.3 Å². The van der Waals surface area contributed by atoms with Gasteiger partial charge < -0.3 is 10.1 Å². The molecule has 0 aliphatic rings. The Labute approximate surface area is 181 Å². The molecule has 0 bridgehead atoms. The molecule has 1 N–H and O–H groups in total. The van der Waals surface area contributed by atoms with Crippen molar-refractivity contribution in [2.45, 2.75) is 6.61 Å². The summed E-state index contributed by atoms with van der Waals surface area (Å²) in [4.78, 5) is 15.9.